The third kappa shape index (κ3) is 4.10. The summed E-state index contributed by atoms with van der Waals surface area (Å²) in [5.41, 5.74) is 4.05. The number of methoxy groups -OCH3 is 1. The quantitative estimate of drug-likeness (QED) is 0.648. The van der Waals surface area contributed by atoms with Gasteiger partial charge in [-0.2, -0.15) is 5.26 Å². The van der Waals surface area contributed by atoms with Crippen LogP contribution in [0.1, 0.15) is 11.1 Å². The Morgan fingerprint density at radius 2 is 1.93 bits per heavy atom. The van der Waals surface area contributed by atoms with Crippen LogP contribution in [-0.2, 0) is 9.53 Å². The van der Waals surface area contributed by atoms with Gasteiger partial charge in [0.05, 0.1) is 18.5 Å². The predicted molar refractivity (Wildman–Crippen MR) is 99.9 cm³/mol. The van der Waals surface area contributed by atoms with E-state index in [0.29, 0.717) is 17.0 Å². The normalized spacial score (nSPS) is 10.1. The smallest absolute Gasteiger partial charge is 0.343 e. The lowest BCUT2D eigenvalue weighted by molar-refractivity contribution is -0.143. The van der Waals surface area contributed by atoms with Crippen molar-refractivity contribution in [3.05, 3.63) is 65.9 Å². The maximum absolute atomic E-state index is 11.5. The summed E-state index contributed by atoms with van der Waals surface area (Å²) in [6.45, 7) is 1.66. The van der Waals surface area contributed by atoms with Gasteiger partial charge in [0.1, 0.15) is 11.6 Å². The summed E-state index contributed by atoms with van der Waals surface area (Å²) in [6.07, 6.45) is 1.66. The monoisotopic (exact) mass is 359 g/mol. The molecule has 0 aliphatic heterocycles. The molecule has 0 fully saturated rings. The van der Waals surface area contributed by atoms with E-state index in [1.54, 1.807) is 12.3 Å². The molecule has 0 unspecified atom stereocenters. The minimum atomic E-state index is -0.555. The van der Waals surface area contributed by atoms with Gasteiger partial charge in [-0.3, -0.25) is 4.98 Å². The van der Waals surface area contributed by atoms with E-state index in [1.807, 2.05) is 49.4 Å². The fourth-order valence-corrected chi connectivity index (χ4v) is 2.53. The molecule has 0 saturated heterocycles. The molecule has 1 aromatic carbocycles. The van der Waals surface area contributed by atoms with Gasteiger partial charge in [-0.05, 0) is 30.7 Å². The Morgan fingerprint density at radius 1 is 1.15 bits per heavy atom. The zero-order valence-electron chi connectivity index (χ0n) is 15.0. The lowest BCUT2D eigenvalue weighted by Gasteiger charge is -2.13. The van der Waals surface area contributed by atoms with Gasteiger partial charge in [0.25, 0.3) is 0 Å². The topological polar surface area (TPSA) is 85.1 Å². The van der Waals surface area contributed by atoms with Gasteiger partial charge in [-0.1, -0.05) is 35.9 Å². The highest BCUT2D eigenvalue weighted by molar-refractivity contribution is 5.77. The van der Waals surface area contributed by atoms with Crippen LogP contribution in [0.25, 0.3) is 22.5 Å². The molecule has 3 aromatic rings. The molecular formula is C21H17N3O3. The van der Waals surface area contributed by atoms with Crippen LogP contribution in [0.5, 0.6) is 5.88 Å². The molecule has 3 rings (SSSR count). The van der Waals surface area contributed by atoms with Crippen molar-refractivity contribution in [1.29, 1.82) is 5.26 Å². The number of benzene rings is 1. The molecule has 0 aliphatic rings. The van der Waals surface area contributed by atoms with Crippen LogP contribution < -0.4 is 4.74 Å². The third-order valence-electron chi connectivity index (χ3n) is 3.94. The fourth-order valence-electron chi connectivity index (χ4n) is 2.53. The van der Waals surface area contributed by atoms with Gasteiger partial charge in [0.15, 0.2) is 6.61 Å². The first-order valence-corrected chi connectivity index (χ1v) is 8.25. The zero-order chi connectivity index (χ0) is 19.2. The average molecular weight is 359 g/mol. The van der Waals surface area contributed by atoms with E-state index in [0.717, 1.165) is 11.1 Å². The molecule has 0 N–H and O–H groups in total. The van der Waals surface area contributed by atoms with Gasteiger partial charge in [-0.25, -0.2) is 9.78 Å². The van der Waals surface area contributed by atoms with E-state index in [4.69, 9.17) is 4.74 Å². The highest BCUT2D eigenvalue weighted by Gasteiger charge is 2.18. The Morgan fingerprint density at radius 3 is 2.56 bits per heavy atom. The second-order valence-electron chi connectivity index (χ2n) is 5.79. The van der Waals surface area contributed by atoms with Gasteiger partial charge in [-0.15, -0.1) is 0 Å². The van der Waals surface area contributed by atoms with Crippen molar-refractivity contribution in [2.24, 2.45) is 0 Å². The molecule has 0 saturated carbocycles. The van der Waals surface area contributed by atoms with Crippen molar-refractivity contribution >= 4 is 5.97 Å². The first-order chi connectivity index (χ1) is 13.1. The van der Waals surface area contributed by atoms with Gasteiger partial charge >= 0.3 is 5.97 Å². The van der Waals surface area contributed by atoms with E-state index in [-0.39, 0.29) is 18.1 Å². The molecule has 0 bridgehead atoms. The van der Waals surface area contributed by atoms with Crippen LogP contribution >= 0.6 is 0 Å². The van der Waals surface area contributed by atoms with Crippen LogP contribution in [0.15, 0.2) is 54.7 Å². The van der Waals surface area contributed by atoms with E-state index < -0.39 is 5.97 Å². The minimum absolute atomic E-state index is 0.0710. The van der Waals surface area contributed by atoms with Gasteiger partial charge in [0, 0.05) is 11.8 Å². The summed E-state index contributed by atoms with van der Waals surface area (Å²) in [5.74, 6) is -0.484. The predicted octanol–water partition coefficient (Wildman–Crippen LogP) is 3.54. The zero-order valence-corrected chi connectivity index (χ0v) is 15.0. The first kappa shape index (κ1) is 18.1. The maximum Gasteiger partial charge on any atom is 0.343 e. The molecule has 0 spiro atoms. The van der Waals surface area contributed by atoms with E-state index in [9.17, 15) is 10.1 Å². The number of carbonyl (C=O) groups excluding carboxylic acids is 1. The fraction of sp³-hybridized carbons (Fsp3) is 0.143. The second kappa shape index (κ2) is 8.11. The number of nitrogens with zero attached hydrogens (tertiary/aromatic N) is 3. The van der Waals surface area contributed by atoms with Crippen LogP contribution in [0, 0.1) is 18.3 Å². The highest BCUT2D eigenvalue weighted by Crippen LogP contribution is 2.33. The molecule has 0 aliphatic carbocycles. The largest absolute Gasteiger partial charge is 0.466 e. The summed E-state index contributed by atoms with van der Waals surface area (Å²) in [4.78, 5) is 20.2. The Balaban J connectivity index is 2.16. The van der Waals surface area contributed by atoms with Crippen molar-refractivity contribution in [2.75, 3.05) is 13.7 Å². The van der Waals surface area contributed by atoms with E-state index >= 15 is 0 Å². The standard InChI is InChI=1S/C21H17N3O3/c1-14-6-8-15(9-7-14)16-11-19(18-5-3-4-10-23-18)24-21(17(16)12-22)27-13-20(25)26-2/h3-11H,13H2,1-2H3. The first-order valence-electron chi connectivity index (χ1n) is 8.25. The number of aromatic nitrogens is 2. The number of aryl methyl sites for hydroxylation is 1. The molecule has 0 atom stereocenters. The number of esters is 1. The van der Waals surface area contributed by atoms with Crippen molar-refractivity contribution in [2.45, 2.75) is 6.92 Å². The van der Waals surface area contributed by atoms with Crippen LogP contribution in [-0.4, -0.2) is 29.7 Å². The number of rotatable bonds is 5. The number of ether oxygens (including phenoxy) is 2. The van der Waals surface area contributed by atoms with Crippen LogP contribution in [0.2, 0.25) is 0 Å². The third-order valence-corrected chi connectivity index (χ3v) is 3.94. The molecule has 0 radical (unpaired) electrons. The van der Waals surface area contributed by atoms with Crippen molar-refractivity contribution in [1.82, 2.24) is 9.97 Å². The summed E-state index contributed by atoms with van der Waals surface area (Å²) < 4.78 is 10.1. The molecule has 134 valence electrons. The summed E-state index contributed by atoms with van der Waals surface area (Å²) in [5, 5.41) is 9.70. The molecule has 6 nitrogen and oxygen atoms in total. The Labute approximate surface area is 157 Å². The molecule has 2 aromatic heterocycles. The van der Waals surface area contributed by atoms with Gasteiger partial charge in [0.2, 0.25) is 5.88 Å². The van der Waals surface area contributed by atoms with Gasteiger partial charge < -0.3 is 9.47 Å². The molecule has 27 heavy (non-hydrogen) atoms. The summed E-state index contributed by atoms with van der Waals surface area (Å²) in [7, 11) is 1.27. The number of carbonyl (C=O) groups is 1. The lowest BCUT2D eigenvalue weighted by Crippen LogP contribution is -2.14. The summed E-state index contributed by atoms with van der Waals surface area (Å²) in [6, 6.07) is 17.2. The number of hydrogen-bond acceptors (Lipinski definition) is 6. The minimum Gasteiger partial charge on any atom is -0.466 e. The Hall–Kier alpha value is -3.72. The molecule has 0 amide bonds. The van der Waals surface area contributed by atoms with Crippen molar-refractivity contribution in [3.8, 4) is 34.5 Å². The van der Waals surface area contributed by atoms with Crippen LogP contribution in [0.3, 0.4) is 0 Å². The summed E-state index contributed by atoms with van der Waals surface area (Å²) >= 11 is 0. The van der Waals surface area contributed by atoms with Crippen LogP contribution in [0.4, 0.5) is 0 Å². The Kier molecular flexibility index (Phi) is 5.43. The average Bonchev–Trinajstić information content (AvgIpc) is 2.72. The molecule has 2 heterocycles. The molecular weight excluding hydrogens is 342 g/mol. The highest BCUT2D eigenvalue weighted by atomic mass is 16.6. The van der Waals surface area contributed by atoms with E-state index in [1.165, 1.54) is 7.11 Å². The van der Waals surface area contributed by atoms with Crippen molar-refractivity contribution < 1.29 is 14.3 Å². The molecule has 6 heteroatoms. The number of pyridine rings is 2. The lowest BCUT2D eigenvalue weighted by atomic mass is 9.99. The maximum atomic E-state index is 11.5. The SMILES string of the molecule is COC(=O)COc1nc(-c2ccccn2)cc(-c2ccc(C)cc2)c1C#N. The number of nitriles is 1. The number of hydrogen-bond donors (Lipinski definition) is 0. The second-order valence-corrected chi connectivity index (χ2v) is 5.79. The van der Waals surface area contributed by atoms with E-state index in [2.05, 4.69) is 20.8 Å². The van der Waals surface area contributed by atoms with Crippen molar-refractivity contribution in [3.63, 3.8) is 0 Å². The Bertz CT molecular complexity index is 994.